The summed E-state index contributed by atoms with van der Waals surface area (Å²) in [6, 6.07) is 12.9. The lowest BCUT2D eigenvalue weighted by atomic mass is 10.1. The number of rotatable bonds is 2. The van der Waals surface area contributed by atoms with Crippen LogP contribution in [0, 0.1) is 0 Å². The fraction of sp³-hybridized carbons (Fsp3) is 0.0714. The molecule has 0 unspecified atom stereocenters. The molecule has 0 saturated heterocycles. The smallest absolute Gasteiger partial charge is 0.255 e. The highest BCUT2D eigenvalue weighted by Gasteiger charge is 2.35. The molecule has 106 valence electrons. The molecule has 1 N–H and O–H groups in total. The van der Waals surface area contributed by atoms with Gasteiger partial charge in [0.25, 0.3) is 0 Å². The minimum atomic E-state index is -4.55. The second-order valence-electron chi connectivity index (χ2n) is 4.30. The van der Waals surface area contributed by atoms with Crippen molar-refractivity contribution < 1.29 is 13.2 Å². The minimum absolute atomic E-state index is 0.0815. The van der Waals surface area contributed by atoms with Crippen LogP contribution in [0.15, 0.2) is 48.7 Å². The summed E-state index contributed by atoms with van der Waals surface area (Å²) in [5.41, 5.74) is 2.12. The van der Waals surface area contributed by atoms with Crippen molar-refractivity contribution in [3.63, 3.8) is 0 Å². The van der Waals surface area contributed by atoms with Crippen molar-refractivity contribution in [3.8, 4) is 22.6 Å². The Morgan fingerprint density at radius 1 is 0.905 bits per heavy atom. The Bertz CT molecular complexity index is 733. The second kappa shape index (κ2) is 5.01. The Morgan fingerprint density at radius 2 is 1.67 bits per heavy atom. The van der Waals surface area contributed by atoms with Gasteiger partial charge in [-0.1, -0.05) is 36.4 Å². The fourth-order valence-corrected chi connectivity index (χ4v) is 1.83. The van der Waals surface area contributed by atoms with Crippen LogP contribution in [0.25, 0.3) is 22.6 Å². The largest absolute Gasteiger partial charge is 0.451 e. The predicted molar refractivity (Wildman–Crippen MR) is 70.1 cm³/mol. The van der Waals surface area contributed by atoms with Crippen LogP contribution in [-0.4, -0.2) is 20.2 Å². The van der Waals surface area contributed by atoms with E-state index in [2.05, 4.69) is 15.1 Å². The van der Waals surface area contributed by atoms with Crippen LogP contribution >= 0.6 is 0 Å². The van der Waals surface area contributed by atoms with E-state index in [1.54, 1.807) is 18.3 Å². The highest BCUT2D eigenvalue weighted by atomic mass is 19.4. The van der Waals surface area contributed by atoms with Gasteiger partial charge < -0.3 is 0 Å². The Labute approximate surface area is 117 Å². The number of benzene rings is 1. The van der Waals surface area contributed by atoms with E-state index in [9.17, 15) is 13.2 Å². The Hall–Kier alpha value is -2.70. The summed E-state index contributed by atoms with van der Waals surface area (Å²) >= 11 is 0. The quantitative estimate of drug-likeness (QED) is 0.785. The molecule has 3 rings (SSSR count). The lowest BCUT2D eigenvalue weighted by molar-refractivity contribution is -0.144. The highest BCUT2D eigenvalue weighted by Crippen LogP contribution is 2.27. The first-order chi connectivity index (χ1) is 10.0. The van der Waals surface area contributed by atoms with Crippen molar-refractivity contribution in [3.05, 3.63) is 54.5 Å². The Balaban J connectivity index is 1.89. The van der Waals surface area contributed by atoms with E-state index < -0.39 is 12.0 Å². The third kappa shape index (κ3) is 2.76. The predicted octanol–water partition coefficient (Wildman–Crippen LogP) is 3.55. The molecular weight excluding hydrogens is 281 g/mol. The zero-order valence-corrected chi connectivity index (χ0v) is 10.6. The Kier molecular flexibility index (Phi) is 3.17. The van der Waals surface area contributed by atoms with Crippen LogP contribution in [0.2, 0.25) is 0 Å². The standard InChI is InChI=1S/C14H9F3N4/c15-14(16,17)13-19-12(20-21-13)11-7-6-10(8-18-11)9-4-2-1-3-5-9/h1-8H,(H,19,20,21). The van der Waals surface area contributed by atoms with E-state index in [1.807, 2.05) is 35.4 Å². The highest BCUT2D eigenvalue weighted by molar-refractivity contribution is 5.64. The molecule has 0 aliphatic rings. The summed E-state index contributed by atoms with van der Waals surface area (Å²) in [4.78, 5) is 7.51. The normalized spacial score (nSPS) is 11.6. The van der Waals surface area contributed by atoms with Crippen LogP contribution in [0.4, 0.5) is 13.2 Å². The van der Waals surface area contributed by atoms with E-state index in [1.165, 1.54) is 0 Å². The molecule has 1 aromatic carbocycles. The maximum Gasteiger partial charge on any atom is 0.451 e. The van der Waals surface area contributed by atoms with Crippen molar-refractivity contribution in [1.82, 2.24) is 20.2 Å². The summed E-state index contributed by atoms with van der Waals surface area (Å²) in [5.74, 6) is -1.21. The van der Waals surface area contributed by atoms with Gasteiger partial charge in [-0.05, 0) is 11.6 Å². The maximum absolute atomic E-state index is 12.4. The first-order valence-electron chi connectivity index (χ1n) is 6.05. The lowest BCUT2D eigenvalue weighted by Crippen LogP contribution is -2.07. The van der Waals surface area contributed by atoms with E-state index in [4.69, 9.17) is 0 Å². The number of nitrogens with zero attached hydrogens (tertiary/aromatic N) is 3. The first-order valence-corrected chi connectivity index (χ1v) is 6.05. The molecule has 3 aromatic rings. The van der Waals surface area contributed by atoms with Crippen LogP contribution in [0.3, 0.4) is 0 Å². The van der Waals surface area contributed by atoms with E-state index in [0.29, 0.717) is 0 Å². The maximum atomic E-state index is 12.4. The molecule has 0 spiro atoms. The van der Waals surface area contributed by atoms with Gasteiger partial charge in [0.2, 0.25) is 5.82 Å². The SMILES string of the molecule is FC(F)(F)c1nc(-c2ccc(-c3ccccc3)cn2)n[nH]1. The molecule has 0 radical (unpaired) electrons. The molecule has 21 heavy (non-hydrogen) atoms. The number of halogens is 3. The molecule has 0 atom stereocenters. The number of hydrogen-bond donors (Lipinski definition) is 1. The van der Waals surface area contributed by atoms with Crippen molar-refractivity contribution in [2.45, 2.75) is 6.18 Å². The van der Waals surface area contributed by atoms with Gasteiger partial charge >= 0.3 is 6.18 Å². The molecule has 2 aromatic heterocycles. The molecule has 7 heteroatoms. The van der Waals surface area contributed by atoms with Gasteiger partial charge in [-0.15, -0.1) is 0 Å². The minimum Gasteiger partial charge on any atom is -0.255 e. The van der Waals surface area contributed by atoms with E-state index in [0.717, 1.165) is 11.1 Å². The molecule has 4 nitrogen and oxygen atoms in total. The number of hydrogen-bond acceptors (Lipinski definition) is 3. The third-order valence-corrected chi connectivity index (χ3v) is 2.85. The topological polar surface area (TPSA) is 54.5 Å². The van der Waals surface area contributed by atoms with Gasteiger partial charge in [0.1, 0.15) is 5.69 Å². The van der Waals surface area contributed by atoms with Gasteiger partial charge in [0.05, 0.1) is 0 Å². The second-order valence-corrected chi connectivity index (χ2v) is 4.30. The zero-order chi connectivity index (χ0) is 14.9. The van der Waals surface area contributed by atoms with Gasteiger partial charge in [-0.3, -0.25) is 10.1 Å². The van der Waals surface area contributed by atoms with Gasteiger partial charge in [0.15, 0.2) is 5.82 Å². The molecule has 0 bridgehead atoms. The number of aromatic amines is 1. The monoisotopic (exact) mass is 290 g/mol. The van der Waals surface area contributed by atoms with E-state index in [-0.39, 0.29) is 11.5 Å². The molecular formula is C14H9F3N4. The van der Waals surface area contributed by atoms with Crippen molar-refractivity contribution >= 4 is 0 Å². The molecule has 0 fully saturated rings. The summed E-state index contributed by atoms with van der Waals surface area (Å²) in [6.45, 7) is 0. The third-order valence-electron chi connectivity index (χ3n) is 2.85. The van der Waals surface area contributed by atoms with Crippen molar-refractivity contribution in [2.24, 2.45) is 0 Å². The summed E-state index contributed by atoms with van der Waals surface area (Å²) in [6.07, 6.45) is -2.97. The molecule has 0 amide bonds. The zero-order valence-electron chi connectivity index (χ0n) is 10.6. The average molecular weight is 290 g/mol. The van der Waals surface area contributed by atoms with Crippen LogP contribution in [-0.2, 0) is 6.18 Å². The summed E-state index contributed by atoms with van der Waals surface area (Å²) < 4.78 is 37.3. The number of pyridine rings is 1. The van der Waals surface area contributed by atoms with Gasteiger partial charge in [0, 0.05) is 11.8 Å². The average Bonchev–Trinajstić information content (AvgIpc) is 2.98. The van der Waals surface area contributed by atoms with Crippen LogP contribution in [0.5, 0.6) is 0 Å². The molecule has 0 aliphatic heterocycles. The van der Waals surface area contributed by atoms with Crippen molar-refractivity contribution in [2.75, 3.05) is 0 Å². The summed E-state index contributed by atoms with van der Waals surface area (Å²) in [7, 11) is 0. The lowest BCUT2D eigenvalue weighted by Gasteiger charge is -2.01. The summed E-state index contributed by atoms with van der Waals surface area (Å²) in [5, 5.41) is 5.40. The number of aromatic nitrogens is 4. The fourth-order valence-electron chi connectivity index (χ4n) is 1.83. The number of alkyl halides is 3. The Morgan fingerprint density at radius 3 is 2.24 bits per heavy atom. The number of H-pyrrole nitrogens is 1. The van der Waals surface area contributed by atoms with Crippen LogP contribution in [0.1, 0.15) is 5.82 Å². The molecule has 2 heterocycles. The molecule has 0 aliphatic carbocycles. The van der Waals surface area contributed by atoms with Gasteiger partial charge in [-0.25, -0.2) is 4.98 Å². The first kappa shape index (κ1) is 13.3. The van der Waals surface area contributed by atoms with E-state index >= 15 is 0 Å². The molecule has 0 saturated carbocycles. The number of nitrogens with one attached hydrogen (secondary N) is 1. The van der Waals surface area contributed by atoms with Crippen molar-refractivity contribution in [1.29, 1.82) is 0 Å². The van der Waals surface area contributed by atoms with Gasteiger partial charge in [-0.2, -0.15) is 18.3 Å². The van der Waals surface area contributed by atoms with Crippen LogP contribution < -0.4 is 0 Å².